The van der Waals surface area contributed by atoms with Crippen LogP contribution in [0, 0.1) is 0 Å². The van der Waals surface area contributed by atoms with Gasteiger partial charge < -0.3 is 25.3 Å². The number of fused-ring (bicyclic) bond motifs is 3. The van der Waals surface area contributed by atoms with E-state index in [4.69, 9.17) is 0 Å². The number of piperidine rings is 1. The highest BCUT2D eigenvalue weighted by molar-refractivity contribution is 6.06. The average Bonchev–Trinajstić information content (AvgIpc) is 2.73. The first-order chi connectivity index (χ1) is 9.50. The highest BCUT2D eigenvalue weighted by Gasteiger charge is 2.55. The Morgan fingerprint density at radius 1 is 1.40 bits per heavy atom. The third kappa shape index (κ3) is 1.36. The van der Waals surface area contributed by atoms with E-state index in [1.54, 1.807) is 6.07 Å². The molecule has 0 saturated carbocycles. The van der Waals surface area contributed by atoms with Gasteiger partial charge >= 0.3 is 11.8 Å². The highest BCUT2D eigenvalue weighted by atomic mass is 16.5. The monoisotopic (exact) mass is 275 g/mol. The summed E-state index contributed by atoms with van der Waals surface area (Å²) in [6, 6.07) is 5.69. The summed E-state index contributed by atoms with van der Waals surface area (Å²) >= 11 is 0. The molecule has 0 spiro atoms. The first-order valence-corrected chi connectivity index (χ1v) is 6.87. The Labute approximate surface area is 116 Å². The van der Waals surface area contributed by atoms with Gasteiger partial charge in [-0.2, -0.15) is 0 Å². The van der Waals surface area contributed by atoms with E-state index >= 15 is 0 Å². The molecule has 2 unspecified atom stereocenters. The van der Waals surface area contributed by atoms with Gasteiger partial charge in [-0.25, -0.2) is 0 Å². The van der Waals surface area contributed by atoms with Crippen LogP contribution in [0.3, 0.4) is 0 Å². The molecule has 3 N–H and O–H groups in total. The van der Waals surface area contributed by atoms with Gasteiger partial charge in [-0.1, -0.05) is 12.1 Å². The zero-order valence-electron chi connectivity index (χ0n) is 11.2. The number of carbonyl (C=O) groups excluding carboxylic acids is 1. The van der Waals surface area contributed by atoms with E-state index in [2.05, 4.69) is 17.3 Å². The predicted octanol–water partition coefficient (Wildman–Crippen LogP) is -0.115. The quantitative estimate of drug-likeness (QED) is 0.576. The maximum atomic E-state index is 11.9. The number of likely N-dealkylation sites (tertiary alicyclic amines) is 1. The lowest BCUT2D eigenvalue weighted by atomic mass is 9.89. The van der Waals surface area contributed by atoms with E-state index in [1.165, 1.54) is 4.90 Å². The van der Waals surface area contributed by atoms with Gasteiger partial charge in [-0.3, -0.25) is 4.79 Å². The summed E-state index contributed by atoms with van der Waals surface area (Å²) in [5.74, 6) is -3.03. The van der Waals surface area contributed by atoms with Crippen molar-refractivity contribution in [3.05, 3.63) is 23.8 Å². The molecule has 1 fully saturated rings. The molecule has 0 aliphatic carbocycles. The zero-order valence-corrected chi connectivity index (χ0v) is 11.2. The number of para-hydroxylation sites is 1. The first-order valence-electron chi connectivity index (χ1n) is 6.87. The van der Waals surface area contributed by atoms with Gasteiger partial charge in [0.1, 0.15) is 0 Å². The lowest BCUT2D eigenvalue weighted by Crippen LogP contribution is -2.63. The molecule has 2 atom stereocenters. The maximum Gasteiger partial charge on any atom is 0.331 e. The van der Waals surface area contributed by atoms with E-state index in [-0.39, 0.29) is 12.0 Å². The molecule has 4 rings (SSSR count). The Morgan fingerprint density at radius 3 is 3.00 bits per heavy atom. The van der Waals surface area contributed by atoms with Crippen molar-refractivity contribution in [3.63, 3.8) is 0 Å². The van der Waals surface area contributed by atoms with Crippen molar-refractivity contribution in [1.29, 1.82) is 0 Å². The van der Waals surface area contributed by atoms with Gasteiger partial charge in [0.25, 0.3) is 0 Å². The van der Waals surface area contributed by atoms with Crippen molar-refractivity contribution in [2.24, 2.45) is 0 Å². The largest absolute Gasteiger partial charge is 0.341 e. The van der Waals surface area contributed by atoms with Crippen LogP contribution >= 0.6 is 0 Å². The third-order valence-corrected chi connectivity index (χ3v) is 4.71. The molecule has 1 amide bonds. The maximum absolute atomic E-state index is 11.9. The number of aliphatic hydroxyl groups is 2. The van der Waals surface area contributed by atoms with Crippen LogP contribution in [0.1, 0.15) is 17.9 Å². The molecular formula is C14H17N3O3. The van der Waals surface area contributed by atoms with Crippen LogP contribution < -0.4 is 10.2 Å². The topological polar surface area (TPSA) is 76.0 Å². The minimum atomic E-state index is -2.46. The number of hydrogen-bond donors (Lipinski definition) is 3. The van der Waals surface area contributed by atoms with Crippen molar-refractivity contribution in [2.75, 3.05) is 30.4 Å². The van der Waals surface area contributed by atoms with Crippen molar-refractivity contribution < 1.29 is 15.0 Å². The van der Waals surface area contributed by atoms with E-state index in [1.807, 2.05) is 12.1 Å². The Balaban J connectivity index is 1.92. The summed E-state index contributed by atoms with van der Waals surface area (Å²) in [6.07, 6.45) is 0.811. The second kappa shape index (κ2) is 3.72. The summed E-state index contributed by atoms with van der Waals surface area (Å²) in [5, 5.41) is 23.1. The van der Waals surface area contributed by atoms with Crippen molar-refractivity contribution in [2.45, 2.75) is 24.3 Å². The van der Waals surface area contributed by atoms with E-state index in [0.29, 0.717) is 5.69 Å². The number of amides is 1. The standard InChI is InChI=1S/C14H17N3O3/c1-16-6-5-11-9(7-16)8-3-2-4-10-12(8)17(11)14(19,20)13(18)15-10/h2-4,9,11,19-20H,5-7H2,1H3,(H,15,18). The van der Waals surface area contributed by atoms with E-state index in [0.717, 1.165) is 30.8 Å². The molecule has 106 valence electrons. The minimum Gasteiger partial charge on any atom is -0.341 e. The van der Waals surface area contributed by atoms with Crippen LogP contribution in [0.5, 0.6) is 0 Å². The predicted molar refractivity (Wildman–Crippen MR) is 73.4 cm³/mol. The Hall–Kier alpha value is -1.63. The van der Waals surface area contributed by atoms with Crippen LogP contribution in [-0.2, 0) is 4.79 Å². The van der Waals surface area contributed by atoms with Gasteiger partial charge in [-0.15, -0.1) is 0 Å². The molecule has 6 heteroatoms. The molecule has 3 aliphatic rings. The van der Waals surface area contributed by atoms with E-state index in [9.17, 15) is 15.0 Å². The number of rotatable bonds is 0. The van der Waals surface area contributed by atoms with Crippen LogP contribution in [0.25, 0.3) is 0 Å². The van der Waals surface area contributed by atoms with Gasteiger partial charge in [0.05, 0.1) is 11.4 Å². The summed E-state index contributed by atoms with van der Waals surface area (Å²) in [6.45, 7) is 1.75. The highest BCUT2D eigenvalue weighted by Crippen LogP contribution is 2.52. The van der Waals surface area contributed by atoms with E-state index < -0.39 is 11.8 Å². The normalized spacial score (nSPS) is 30.8. The van der Waals surface area contributed by atoms with Crippen LogP contribution in [0.4, 0.5) is 11.4 Å². The van der Waals surface area contributed by atoms with Gasteiger partial charge in [0.15, 0.2) is 0 Å². The molecule has 0 radical (unpaired) electrons. The fraction of sp³-hybridized carbons (Fsp3) is 0.500. The summed E-state index contributed by atoms with van der Waals surface area (Å²) in [7, 11) is 2.07. The lowest BCUT2D eigenvalue weighted by molar-refractivity contribution is -0.182. The van der Waals surface area contributed by atoms with Crippen LogP contribution in [0.2, 0.25) is 0 Å². The van der Waals surface area contributed by atoms with Gasteiger partial charge in [0, 0.05) is 18.5 Å². The van der Waals surface area contributed by atoms with Crippen molar-refractivity contribution >= 4 is 17.3 Å². The number of carbonyl (C=O) groups is 1. The molecule has 0 bridgehead atoms. The van der Waals surface area contributed by atoms with Crippen molar-refractivity contribution in [1.82, 2.24) is 4.90 Å². The molecular weight excluding hydrogens is 258 g/mol. The second-order valence-corrected chi connectivity index (χ2v) is 5.93. The number of nitrogens with zero attached hydrogens (tertiary/aromatic N) is 2. The fourth-order valence-electron chi connectivity index (χ4n) is 3.82. The number of benzene rings is 1. The van der Waals surface area contributed by atoms with Crippen molar-refractivity contribution in [3.8, 4) is 0 Å². The summed E-state index contributed by atoms with van der Waals surface area (Å²) in [5.41, 5.74) is 2.53. The Morgan fingerprint density at radius 2 is 2.20 bits per heavy atom. The molecule has 1 aromatic rings. The van der Waals surface area contributed by atoms with Crippen LogP contribution in [-0.4, -0.2) is 53.1 Å². The Bertz CT molecular complexity index is 601. The second-order valence-electron chi connectivity index (χ2n) is 5.93. The molecule has 3 aliphatic heterocycles. The van der Waals surface area contributed by atoms with Crippen LogP contribution in [0.15, 0.2) is 18.2 Å². The SMILES string of the molecule is CN1CCC2C(C1)c1cccc3c1N2C(O)(O)C(=O)N3. The molecule has 20 heavy (non-hydrogen) atoms. The number of nitrogens with one attached hydrogen (secondary N) is 1. The smallest absolute Gasteiger partial charge is 0.331 e. The zero-order chi connectivity index (χ0) is 14.1. The fourth-order valence-corrected chi connectivity index (χ4v) is 3.82. The number of hydrogen-bond acceptors (Lipinski definition) is 5. The molecule has 6 nitrogen and oxygen atoms in total. The average molecular weight is 275 g/mol. The van der Waals surface area contributed by atoms with Gasteiger partial charge in [0.2, 0.25) is 0 Å². The first kappa shape index (κ1) is 12.1. The third-order valence-electron chi connectivity index (χ3n) is 4.71. The molecule has 1 aromatic carbocycles. The number of anilines is 2. The lowest BCUT2D eigenvalue weighted by Gasteiger charge is -2.44. The Kier molecular flexibility index (Phi) is 2.26. The summed E-state index contributed by atoms with van der Waals surface area (Å²) < 4.78 is 0. The summed E-state index contributed by atoms with van der Waals surface area (Å²) in [4.78, 5) is 15.7. The molecule has 1 saturated heterocycles. The molecule has 3 heterocycles. The minimum absolute atomic E-state index is 0.0385. The molecule has 0 aromatic heterocycles. The van der Waals surface area contributed by atoms with Gasteiger partial charge in [-0.05, 0) is 31.6 Å². The number of likely N-dealkylation sites (N-methyl/N-ethyl adjacent to an activating group) is 1.